The fraction of sp³-hybridized carbons (Fsp3) is 0.688. The molecule has 2 atom stereocenters. The summed E-state index contributed by atoms with van der Waals surface area (Å²) in [6.45, 7) is 4.58. The first kappa shape index (κ1) is 16.9. The number of hydrogen-bond acceptors (Lipinski definition) is 8. The van der Waals surface area contributed by atoms with Crippen molar-refractivity contribution in [3.63, 3.8) is 0 Å². The van der Waals surface area contributed by atoms with E-state index < -0.39 is 0 Å². The maximum atomic E-state index is 11.5. The first-order valence-electron chi connectivity index (χ1n) is 8.12. The molecule has 0 spiro atoms. The first-order valence-corrected chi connectivity index (χ1v) is 8.12. The van der Waals surface area contributed by atoms with E-state index in [-0.39, 0.29) is 36.3 Å². The number of aliphatic hydroxyl groups is 1. The molecule has 0 radical (unpaired) electrons. The third-order valence-corrected chi connectivity index (χ3v) is 5.15. The van der Waals surface area contributed by atoms with Gasteiger partial charge in [0.2, 0.25) is 5.95 Å². The molecule has 24 heavy (non-hydrogen) atoms. The van der Waals surface area contributed by atoms with E-state index in [0.29, 0.717) is 26.2 Å². The molecule has 8 nitrogen and oxygen atoms in total. The molecule has 0 aromatic carbocycles. The fourth-order valence-electron chi connectivity index (χ4n) is 3.70. The standard InChI is InChI=1S/C16H24N4O4/c1-10-12(3-4-13(22)23-2)14(19-15(17)18-10)20-5-11-6-24-9-16(11,7-20)8-21/h11,21H,3-9H2,1-2H3,(H2,17,18,19)/t11-,16-/m0/s1. The Balaban J connectivity index is 1.88. The van der Waals surface area contributed by atoms with Crippen LogP contribution in [0.3, 0.4) is 0 Å². The molecule has 2 saturated heterocycles. The number of esters is 1. The Bertz CT molecular complexity index is 639. The lowest BCUT2D eigenvalue weighted by atomic mass is 9.82. The molecule has 0 bridgehead atoms. The minimum absolute atomic E-state index is 0.0885. The number of nitrogens with zero attached hydrogens (tertiary/aromatic N) is 3. The summed E-state index contributed by atoms with van der Waals surface area (Å²) in [4.78, 5) is 22.3. The highest BCUT2D eigenvalue weighted by atomic mass is 16.5. The molecule has 1 aromatic heterocycles. The molecule has 8 heteroatoms. The lowest BCUT2D eigenvalue weighted by Gasteiger charge is -2.26. The Morgan fingerprint density at radius 3 is 3.00 bits per heavy atom. The maximum absolute atomic E-state index is 11.5. The molecule has 0 saturated carbocycles. The normalized spacial score (nSPS) is 25.8. The fourth-order valence-corrected chi connectivity index (χ4v) is 3.70. The van der Waals surface area contributed by atoms with E-state index in [0.717, 1.165) is 23.6 Å². The highest BCUT2D eigenvalue weighted by Gasteiger charge is 2.51. The number of aryl methyl sites for hydroxylation is 1. The number of nitrogen functional groups attached to an aromatic ring is 1. The van der Waals surface area contributed by atoms with Gasteiger partial charge in [0.1, 0.15) is 5.82 Å². The summed E-state index contributed by atoms with van der Waals surface area (Å²) >= 11 is 0. The molecule has 3 rings (SSSR count). The topological polar surface area (TPSA) is 111 Å². The largest absolute Gasteiger partial charge is 0.469 e. The van der Waals surface area contributed by atoms with E-state index in [9.17, 15) is 9.90 Å². The average molecular weight is 336 g/mol. The van der Waals surface area contributed by atoms with Crippen molar-refractivity contribution in [1.29, 1.82) is 0 Å². The molecule has 1 aromatic rings. The molecule has 2 fully saturated rings. The Morgan fingerprint density at radius 2 is 2.33 bits per heavy atom. The second-order valence-electron chi connectivity index (χ2n) is 6.66. The van der Waals surface area contributed by atoms with Crippen LogP contribution in [0.1, 0.15) is 17.7 Å². The SMILES string of the molecule is COC(=O)CCc1c(C)nc(N)nc1N1C[C@H]2COC[C@@]2(CO)C1. The van der Waals surface area contributed by atoms with Crippen molar-refractivity contribution in [2.24, 2.45) is 11.3 Å². The van der Waals surface area contributed by atoms with Crippen molar-refractivity contribution in [3.05, 3.63) is 11.3 Å². The number of carbonyl (C=O) groups excluding carboxylic acids is 1. The smallest absolute Gasteiger partial charge is 0.305 e. The molecule has 3 heterocycles. The van der Waals surface area contributed by atoms with Crippen LogP contribution in [0, 0.1) is 18.3 Å². The van der Waals surface area contributed by atoms with E-state index in [1.165, 1.54) is 7.11 Å². The number of rotatable bonds is 5. The molecule has 0 unspecified atom stereocenters. The lowest BCUT2D eigenvalue weighted by molar-refractivity contribution is -0.140. The molecule has 2 aliphatic rings. The number of anilines is 2. The average Bonchev–Trinajstić information content (AvgIpc) is 3.10. The van der Waals surface area contributed by atoms with Gasteiger partial charge in [-0.3, -0.25) is 4.79 Å². The van der Waals surface area contributed by atoms with Gasteiger partial charge in [0.15, 0.2) is 0 Å². The van der Waals surface area contributed by atoms with E-state index in [4.69, 9.17) is 15.2 Å². The van der Waals surface area contributed by atoms with E-state index >= 15 is 0 Å². The summed E-state index contributed by atoms with van der Waals surface area (Å²) in [5, 5.41) is 9.85. The Kier molecular flexibility index (Phi) is 4.60. The van der Waals surface area contributed by atoms with Crippen molar-refractivity contribution in [2.75, 3.05) is 50.7 Å². The number of hydrogen-bond donors (Lipinski definition) is 2. The third-order valence-electron chi connectivity index (χ3n) is 5.15. The van der Waals surface area contributed by atoms with Gasteiger partial charge in [0.05, 0.1) is 26.9 Å². The van der Waals surface area contributed by atoms with E-state index in [2.05, 4.69) is 14.9 Å². The number of methoxy groups -OCH3 is 1. The van der Waals surface area contributed by atoms with Crippen LogP contribution in [0.5, 0.6) is 0 Å². The molecule has 0 amide bonds. The predicted molar refractivity (Wildman–Crippen MR) is 87.6 cm³/mol. The van der Waals surface area contributed by atoms with Crippen molar-refractivity contribution in [1.82, 2.24) is 9.97 Å². The van der Waals surface area contributed by atoms with Crippen LogP contribution in [0.2, 0.25) is 0 Å². The molecule has 3 N–H and O–H groups in total. The van der Waals surface area contributed by atoms with Gasteiger partial charge >= 0.3 is 5.97 Å². The van der Waals surface area contributed by atoms with Gasteiger partial charge in [0.25, 0.3) is 0 Å². The Morgan fingerprint density at radius 1 is 1.54 bits per heavy atom. The number of aromatic nitrogens is 2. The van der Waals surface area contributed by atoms with Crippen LogP contribution in [-0.4, -0.2) is 61.1 Å². The van der Waals surface area contributed by atoms with Crippen LogP contribution in [0.25, 0.3) is 0 Å². The summed E-state index contributed by atoms with van der Waals surface area (Å²) in [6, 6.07) is 0. The minimum Gasteiger partial charge on any atom is -0.469 e. The molecule has 2 aliphatic heterocycles. The van der Waals surface area contributed by atoms with Gasteiger partial charge in [-0.25, -0.2) is 4.98 Å². The highest BCUT2D eigenvalue weighted by Crippen LogP contribution is 2.43. The van der Waals surface area contributed by atoms with Gasteiger partial charge in [-0.2, -0.15) is 4.98 Å². The number of aliphatic hydroxyl groups excluding tert-OH is 1. The molecule has 132 valence electrons. The summed E-state index contributed by atoms with van der Waals surface area (Å²) < 4.78 is 10.3. The van der Waals surface area contributed by atoms with Gasteiger partial charge in [-0.05, 0) is 13.3 Å². The lowest BCUT2D eigenvalue weighted by Crippen LogP contribution is -2.35. The zero-order valence-corrected chi connectivity index (χ0v) is 14.1. The monoisotopic (exact) mass is 336 g/mol. The molecule has 0 aliphatic carbocycles. The maximum Gasteiger partial charge on any atom is 0.305 e. The van der Waals surface area contributed by atoms with Crippen LogP contribution in [0.15, 0.2) is 0 Å². The third kappa shape index (κ3) is 2.91. The number of fused-ring (bicyclic) bond motifs is 1. The quantitative estimate of drug-likeness (QED) is 0.718. The van der Waals surface area contributed by atoms with E-state index in [1.54, 1.807) is 0 Å². The Hall–Kier alpha value is -1.93. The van der Waals surface area contributed by atoms with Crippen LogP contribution >= 0.6 is 0 Å². The van der Waals surface area contributed by atoms with Crippen LogP contribution in [-0.2, 0) is 20.7 Å². The summed E-state index contributed by atoms with van der Waals surface area (Å²) in [6.07, 6.45) is 0.765. The predicted octanol–water partition coefficient (Wildman–Crippen LogP) is -0.0821. The van der Waals surface area contributed by atoms with Crippen molar-refractivity contribution in [3.8, 4) is 0 Å². The zero-order valence-electron chi connectivity index (χ0n) is 14.1. The number of ether oxygens (including phenoxy) is 2. The number of carbonyl (C=O) groups is 1. The molecular formula is C16H24N4O4. The second-order valence-corrected chi connectivity index (χ2v) is 6.66. The summed E-state index contributed by atoms with van der Waals surface area (Å²) in [5.74, 6) is 0.977. The minimum atomic E-state index is -0.268. The highest BCUT2D eigenvalue weighted by molar-refractivity contribution is 5.70. The second kappa shape index (κ2) is 6.52. The van der Waals surface area contributed by atoms with Gasteiger partial charge < -0.3 is 25.2 Å². The van der Waals surface area contributed by atoms with Crippen molar-refractivity contribution < 1.29 is 19.4 Å². The summed E-state index contributed by atoms with van der Waals surface area (Å²) in [7, 11) is 1.38. The zero-order chi connectivity index (χ0) is 17.3. The number of nitrogens with two attached hydrogens (primary N) is 1. The van der Waals surface area contributed by atoms with Gasteiger partial charge in [-0.1, -0.05) is 0 Å². The van der Waals surface area contributed by atoms with Crippen LogP contribution < -0.4 is 10.6 Å². The van der Waals surface area contributed by atoms with Crippen molar-refractivity contribution in [2.45, 2.75) is 19.8 Å². The Labute approximate surface area is 141 Å². The molecular weight excluding hydrogens is 312 g/mol. The van der Waals surface area contributed by atoms with Gasteiger partial charge in [-0.15, -0.1) is 0 Å². The van der Waals surface area contributed by atoms with Crippen molar-refractivity contribution >= 4 is 17.7 Å². The summed E-state index contributed by atoms with van der Waals surface area (Å²) in [5.41, 5.74) is 7.28. The van der Waals surface area contributed by atoms with E-state index in [1.807, 2.05) is 6.92 Å². The van der Waals surface area contributed by atoms with Crippen LogP contribution in [0.4, 0.5) is 11.8 Å². The van der Waals surface area contributed by atoms with Gasteiger partial charge in [0, 0.05) is 42.1 Å². The first-order chi connectivity index (χ1) is 11.5.